The molecule has 0 saturated carbocycles. The van der Waals surface area contributed by atoms with Gasteiger partial charge in [0, 0.05) is 5.56 Å². The molecule has 2 N–H and O–H groups in total. The third-order valence-corrected chi connectivity index (χ3v) is 3.65. The number of benzene rings is 2. The van der Waals surface area contributed by atoms with E-state index in [1.165, 1.54) is 0 Å². The predicted molar refractivity (Wildman–Crippen MR) is 86.9 cm³/mol. The molecule has 0 amide bonds. The van der Waals surface area contributed by atoms with Gasteiger partial charge in [0.25, 0.3) is 5.56 Å². The van der Waals surface area contributed by atoms with Crippen LogP contribution in [0.3, 0.4) is 0 Å². The highest BCUT2D eigenvalue weighted by Crippen LogP contribution is 2.25. The van der Waals surface area contributed by atoms with Gasteiger partial charge in [0.05, 0.1) is 25.3 Å². The Bertz CT molecular complexity index is 883. The number of pyridine rings is 1. The van der Waals surface area contributed by atoms with E-state index in [4.69, 9.17) is 15.3 Å². The molecule has 0 aliphatic heterocycles. The van der Waals surface area contributed by atoms with Crippen LogP contribution in [0.1, 0.15) is 0 Å². The van der Waals surface area contributed by atoms with E-state index in [-0.39, 0.29) is 5.56 Å². The van der Waals surface area contributed by atoms with Crippen molar-refractivity contribution in [3.05, 3.63) is 58.9 Å². The van der Waals surface area contributed by atoms with Crippen molar-refractivity contribution in [3.63, 3.8) is 0 Å². The van der Waals surface area contributed by atoms with Crippen molar-refractivity contribution in [2.75, 3.05) is 20.1 Å². The standard InChI is InChI=1S/C17H16N2O3/c1-21-13-6-3-11(4-7-13)16-9-12-5-8-14(22-2)10-15(12)17(20)19(16)18/h3-10H,18H2,1-2H3. The molecule has 5 heteroatoms. The van der Waals surface area contributed by atoms with Gasteiger partial charge in [0.15, 0.2) is 0 Å². The van der Waals surface area contributed by atoms with Crippen molar-refractivity contribution < 1.29 is 9.47 Å². The lowest BCUT2D eigenvalue weighted by Gasteiger charge is -2.11. The normalized spacial score (nSPS) is 10.6. The van der Waals surface area contributed by atoms with Crippen LogP contribution in [0.25, 0.3) is 22.0 Å². The van der Waals surface area contributed by atoms with Gasteiger partial charge in [-0.05, 0) is 47.9 Å². The first-order valence-electron chi connectivity index (χ1n) is 6.77. The minimum atomic E-state index is -0.262. The van der Waals surface area contributed by atoms with Gasteiger partial charge in [-0.2, -0.15) is 0 Å². The first kappa shape index (κ1) is 14.0. The van der Waals surface area contributed by atoms with Crippen LogP contribution in [-0.4, -0.2) is 18.9 Å². The number of nitrogens with zero attached hydrogens (tertiary/aromatic N) is 1. The Morgan fingerprint density at radius 3 is 2.18 bits per heavy atom. The third-order valence-electron chi connectivity index (χ3n) is 3.65. The molecule has 1 aromatic heterocycles. The molecule has 0 fully saturated rings. The highest BCUT2D eigenvalue weighted by Gasteiger charge is 2.10. The van der Waals surface area contributed by atoms with Gasteiger partial charge in [-0.1, -0.05) is 6.07 Å². The van der Waals surface area contributed by atoms with Gasteiger partial charge in [-0.25, -0.2) is 4.68 Å². The molecule has 0 spiro atoms. The smallest absolute Gasteiger partial charge is 0.277 e. The molecule has 0 atom stereocenters. The molecule has 0 saturated heterocycles. The number of ether oxygens (including phenoxy) is 2. The van der Waals surface area contributed by atoms with Crippen LogP contribution in [-0.2, 0) is 0 Å². The summed E-state index contributed by atoms with van der Waals surface area (Å²) in [6, 6.07) is 14.6. The van der Waals surface area contributed by atoms with E-state index in [9.17, 15) is 4.79 Å². The minimum absolute atomic E-state index is 0.262. The Balaban J connectivity index is 2.22. The number of nitrogens with two attached hydrogens (primary N) is 1. The highest BCUT2D eigenvalue weighted by molar-refractivity contribution is 5.86. The summed E-state index contributed by atoms with van der Waals surface area (Å²) in [6.45, 7) is 0. The lowest BCUT2D eigenvalue weighted by atomic mass is 10.1. The zero-order valence-electron chi connectivity index (χ0n) is 12.4. The summed E-state index contributed by atoms with van der Waals surface area (Å²) in [6.07, 6.45) is 0. The maximum Gasteiger partial charge on any atom is 0.277 e. The average Bonchev–Trinajstić information content (AvgIpc) is 2.58. The van der Waals surface area contributed by atoms with Crippen molar-refractivity contribution in [1.82, 2.24) is 4.68 Å². The summed E-state index contributed by atoms with van der Waals surface area (Å²) in [4.78, 5) is 12.5. The van der Waals surface area contributed by atoms with Gasteiger partial charge in [0.1, 0.15) is 11.5 Å². The van der Waals surface area contributed by atoms with E-state index in [0.717, 1.165) is 21.4 Å². The summed E-state index contributed by atoms with van der Waals surface area (Å²) < 4.78 is 11.5. The number of hydrogen-bond acceptors (Lipinski definition) is 4. The Morgan fingerprint density at radius 1 is 0.909 bits per heavy atom. The Kier molecular flexibility index (Phi) is 3.47. The quantitative estimate of drug-likeness (QED) is 0.754. The molecule has 0 radical (unpaired) electrons. The molecule has 22 heavy (non-hydrogen) atoms. The van der Waals surface area contributed by atoms with Crippen LogP contribution >= 0.6 is 0 Å². The van der Waals surface area contributed by atoms with Crippen LogP contribution in [0.15, 0.2) is 53.3 Å². The molecule has 2 aromatic carbocycles. The molecule has 0 bridgehead atoms. The predicted octanol–water partition coefficient (Wildman–Crippen LogP) is 2.40. The van der Waals surface area contributed by atoms with E-state index >= 15 is 0 Å². The number of methoxy groups -OCH3 is 2. The average molecular weight is 296 g/mol. The molecular formula is C17H16N2O3. The van der Waals surface area contributed by atoms with Crippen molar-refractivity contribution in [2.45, 2.75) is 0 Å². The summed E-state index contributed by atoms with van der Waals surface area (Å²) >= 11 is 0. The Labute approximate surface area is 127 Å². The molecule has 1 heterocycles. The SMILES string of the molecule is COc1ccc(-c2cc3ccc(OC)cc3c(=O)n2N)cc1. The van der Waals surface area contributed by atoms with Crippen LogP contribution in [0.4, 0.5) is 0 Å². The van der Waals surface area contributed by atoms with E-state index in [1.807, 2.05) is 42.5 Å². The van der Waals surface area contributed by atoms with Gasteiger partial charge < -0.3 is 15.3 Å². The Hall–Kier alpha value is -2.95. The zero-order chi connectivity index (χ0) is 15.7. The van der Waals surface area contributed by atoms with Crippen molar-refractivity contribution in [1.29, 1.82) is 0 Å². The highest BCUT2D eigenvalue weighted by atomic mass is 16.5. The van der Waals surface area contributed by atoms with Crippen LogP contribution in [0.5, 0.6) is 11.5 Å². The monoisotopic (exact) mass is 296 g/mol. The maximum atomic E-state index is 12.5. The Morgan fingerprint density at radius 2 is 1.55 bits per heavy atom. The molecule has 0 aliphatic carbocycles. The fraction of sp³-hybridized carbons (Fsp3) is 0.118. The van der Waals surface area contributed by atoms with Crippen molar-refractivity contribution in [2.24, 2.45) is 0 Å². The summed E-state index contributed by atoms with van der Waals surface area (Å²) in [5.74, 6) is 7.35. The largest absolute Gasteiger partial charge is 0.497 e. The molecule has 5 nitrogen and oxygen atoms in total. The molecule has 3 rings (SSSR count). The van der Waals surface area contributed by atoms with Crippen LogP contribution < -0.4 is 20.9 Å². The lowest BCUT2D eigenvalue weighted by Crippen LogP contribution is -2.28. The number of aromatic nitrogens is 1. The van der Waals surface area contributed by atoms with Gasteiger partial charge in [-0.3, -0.25) is 4.79 Å². The molecule has 112 valence electrons. The third kappa shape index (κ3) is 2.26. The molecule has 3 aromatic rings. The summed E-state index contributed by atoms with van der Waals surface area (Å²) in [5.41, 5.74) is 1.23. The minimum Gasteiger partial charge on any atom is -0.497 e. The van der Waals surface area contributed by atoms with Gasteiger partial charge in [-0.15, -0.1) is 0 Å². The van der Waals surface area contributed by atoms with E-state index in [2.05, 4.69) is 0 Å². The number of rotatable bonds is 3. The first-order valence-corrected chi connectivity index (χ1v) is 6.77. The number of fused-ring (bicyclic) bond motifs is 1. The first-order chi connectivity index (χ1) is 10.6. The van der Waals surface area contributed by atoms with Crippen LogP contribution in [0.2, 0.25) is 0 Å². The van der Waals surface area contributed by atoms with Crippen molar-refractivity contribution >= 4 is 10.8 Å². The zero-order valence-corrected chi connectivity index (χ0v) is 12.4. The second kappa shape index (κ2) is 5.44. The summed E-state index contributed by atoms with van der Waals surface area (Å²) in [5, 5.41) is 1.34. The fourth-order valence-corrected chi connectivity index (χ4v) is 2.41. The fourth-order valence-electron chi connectivity index (χ4n) is 2.41. The lowest BCUT2D eigenvalue weighted by molar-refractivity contribution is 0.415. The molecular weight excluding hydrogens is 280 g/mol. The van der Waals surface area contributed by atoms with Crippen molar-refractivity contribution in [3.8, 4) is 22.8 Å². The van der Waals surface area contributed by atoms with Gasteiger partial charge in [0.2, 0.25) is 0 Å². The van der Waals surface area contributed by atoms with E-state index in [0.29, 0.717) is 16.8 Å². The topological polar surface area (TPSA) is 66.5 Å². The van der Waals surface area contributed by atoms with Crippen LogP contribution in [0, 0.1) is 0 Å². The summed E-state index contributed by atoms with van der Waals surface area (Å²) in [7, 11) is 3.17. The van der Waals surface area contributed by atoms with E-state index < -0.39 is 0 Å². The molecule has 0 aliphatic rings. The molecule has 0 unspecified atom stereocenters. The van der Waals surface area contributed by atoms with Gasteiger partial charge >= 0.3 is 0 Å². The van der Waals surface area contributed by atoms with E-state index in [1.54, 1.807) is 20.3 Å². The second-order valence-corrected chi connectivity index (χ2v) is 4.89. The number of nitrogen functional groups attached to an aromatic ring is 1. The second-order valence-electron chi connectivity index (χ2n) is 4.89. The maximum absolute atomic E-state index is 12.5. The number of hydrogen-bond donors (Lipinski definition) is 1.